The summed E-state index contributed by atoms with van der Waals surface area (Å²) in [7, 11) is 0. The van der Waals surface area contributed by atoms with Crippen molar-refractivity contribution in [1.29, 1.82) is 0 Å². The largest absolute Gasteiger partial charge is 0.507 e. The van der Waals surface area contributed by atoms with Crippen LogP contribution >= 0.6 is 0 Å². The molecule has 0 spiro atoms. The number of nitrogens with two attached hydrogens (primary N) is 1. The fourth-order valence-electron chi connectivity index (χ4n) is 3.41. The van der Waals surface area contributed by atoms with Crippen molar-refractivity contribution in [3.8, 4) is 33.9 Å². The second-order valence-corrected chi connectivity index (χ2v) is 7.47. The Balaban J connectivity index is 1.75. The molecule has 0 aliphatic carbocycles. The third-order valence-electron chi connectivity index (χ3n) is 5.01. The molecule has 3 aromatic carbocycles. The van der Waals surface area contributed by atoms with E-state index in [1.54, 1.807) is 24.3 Å². The molecule has 3 N–H and O–H groups in total. The van der Waals surface area contributed by atoms with Crippen LogP contribution in [0.2, 0.25) is 0 Å². The number of nitrogen functional groups attached to an aromatic ring is 1. The molecule has 4 aromatic rings. The summed E-state index contributed by atoms with van der Waals surface area (Å²) in [6.07, 6.45) is -4.77. The molecule has 0 radical (unpaired) electrons. The second-order valence-electron chi connectivity index (χ2n) is 7.47. The zero-order chi connectivity index (χ0) is 23.6. The number of rotatable bonds is 5. The summed E-state index contributed by atoms with van der Waals surface area (Å²) in [5.41, 5.74) is 6.45. The van der Waals surface area contributed by atoms with E-state index in [1.807, 2.05) is 31.2 Å². The molecule has 8 heteroatoms. The van der Waals surface area contributed by atoms with Crippen LogP contribution in [-0.2, 0) is 12.8 Å². The van der Waals surface area contributed by atoms with Crippen LogP contribution in [0.15, 0.2) is 72.8 Å². The number of aryl methyl sites for hydroxylation is 1. The van der Waals surface area contributed by atoms with E-state index in [0.717, 1.165) is 11.1 Å². The first-order valence-electron chi connectivity index (χ1n) is 10.0. The van der Waals surface area contributed by atoms with Gasteiger partial charge in [-0.15, -0.1) is 0 Å². The van der Waals surface area contributed by atoms with E-state index in [2.05, 4.69) is 9.97 Å². The number of ether oxygens (including phenoxy) is 1. The fraction of sp³-hybridized carbons (Fsp3) is 0.120. The maximum absolute atomic E-state index is 13.8. The molecule has 0 fully saturated rings. The predicted molar refractivity (Wildman–Crippen MR) is 119 cm³/mol. The molecule has 0 aliphatic heterocycles. The number of aromatic nitrogens is 2. The van der Waals surface area contributed by atoms with E-state index in [4.69, 9.17) is 10.5 Å². The van der Waals surface area contributed by atoms with Gasteiger partial charge in [0, 0.05) is 17.2 Å². The number of hydrogen-bond donors (Lipinski definition) is 2. The molecule has 33 heavy (non-hydrogen) atoms. The molecule has 0 aliphatic rings. The molecular formula is C25H20F3N3O2. The van der Waals surface area contributed by atoms with Gasteiger partial charge in [-0.25, -0.2) is 9.97 Å². The van der Waals surface area contributed by atoms with Crippen LogP contribution in [0.4, 0.5) is 19.1 Å². The first-order valence-corrected chi connectivity index (χ1v) is 10.0. The molecule has 168 valence electrons. The van der Waals surface area contributed by atoms with Gasteiger partial charge in [-0.2, -0.15) is 13.2 Å². The predicted octanol–water partition coefficient (Wildman–Crippen LogP) is 6.00. The minimum Gasteiger partial charge on any atom is -0.507 e. The average Bonchev–Trinajstić information content (AvgIpc) is 2.78. The Labute approximate surface area is 188 Å². The van der Waals surface area contributed by atoms with Crippen molar-refractivity contribution >= 4 is 5.95 Å². The molecular weight excluding hydrogens is 431 g/mol. The summed E-state index contributed by atoms with van der Waals surface area (Å²) in [5, 5.41) is 10.7. The van der Waals surface area contributed by atoms with Crippen LogP contribution in [0.3, 0.4) is 0 Å². The van der Waals surface area contributed by atoms with E-state index < -0.39 is 17.8 Å². The van der Waals surface area contributed by atoms with Gasteiger partial charge in [0.25, 0.3) is 0 Å². The van der Waals surface area contributed by atoms with Crippen LogP contribution in [0.1, 0.15) is 16.8 Å². The van der Waals surface area contributed by atoms with Gasteiger partial charge in [0.05, 0.1) is 5.69 Å². The molecule has 5 nitrogen and oxygen atoms in total. The Morgan fingerprint density at radius 1 is 0.939 bits per heavy atom. The van der Waals surface area contributed by atoms with E-state index >= 15 is 0 Å². The molecule has 1 heterocycles. The lowest BCUT2D eigenvalue weighted by molar-refractivity contribution is -0.140. The average molecular weight is 451 g/mol. The molecule has 4 rings (SSSR count). The number of alkyl halides is 3. The van der Waals surface area contributed by atoms with Crippen molar-refractivity contribution in [2.45, 2.75) is 19.7 Å². The lowest BCUT2D eigenvalue weighted by Crippen LogP contribution is -2.14. The number of phenolic OH excluding ortho intramolecular Hbond substituents is 1. The highest BCUT2D eigenvalue weighted by Crippen LogP contribution is 2.43. The standard InChI is InChI=1S/C25H20F3N3O2/c1-15-7-9-16(10-8-15)14-33-18-11-12-19(20(32)13-18)22-21(17-5-3-2-4-6-17)23(25(26,27)28)31-24(29)30-22/h2-13,32H,14H2,1H3,(H2,29,30,31). The number of nitrogens with zero attached hydrogens (tertiary/aromatic N) is 2. The van der Waals surface area contributed by atoms with Gasteiger partial charge in [0.15, 0.2) is 5.69 Å². The molecule has 0 atom stereocenters. The molecule has 0 bridgehead atoms. The maximum Gasteiger partial charge on any atom is 0.434 e. The minimum atomic E-state index is -4.77. The summed E-state index contributed by atoms with van der Waals surface area (Å²) in [6, 6.07) is 20.1. The van der Waals surface area contributed by atoms with E-state index in [1.165, 1.54) is 24.3 Å². The summed E-state index contributed by atoms with van der Waals surface area (Å²) in [5.74, 6) is -0.480. The number of benzene rings is 3. The van der Waals surface area contributed by atoms with Crippen LogP contribution in [-0.4, -0.2) is 15.1 Å². The highest BCUT2D eigenvalue weighted by molar-refractivity contribution is 5.86. The van der Waals surface area contributed by atoms with Gasteiger partial charge < -0.3 is 15.6 Å². The normalized spacial score (nSPS) is 11.4. The zero-order valence-corrected chi connectivity index (χ0v) is 17.6. The number of halogens is 3. The summed E-state index contributed by atoms with van der Waals surface area (Å²) < 4.78 is 47.2. The Morgan fingerprint density at radius 3 is 2.27 bits per heavy atom. The first-order chi connectivity index (χ1) is 15.7. The smallest absolute Gasteiger partial charge is 0.434 e. The van der Waals surface area contributed by atoms with Gasteiger partial charge in [0.2, 0.25) is 5.95 Å². The van der Waals surface area contributed by atoms with Crippen molar-refractivity contribution < 1.29 is 23.0 Å². The highest BCUT2D eigenvalue weighted by Gasteiger charge is 2.38. The van der Waals surface area contributed by atoms with Gasteiger partial charge in [-0.3, -0.25) is 0 Å². The third kappa shape index (κ3) is 4.90. The maximum atomic E-state index is 13.8. The molecule has 0 saturated carbocycles. The van der Waals surface area contributed by atoms with Gasteiger partial charge >= 0.3 is 6.18 Å². The highest BCUT2D eigenvalue weighted by atomic mass is 19.4. The van der Waals surface area contributed by atoms with Gasteiger partial charge in [-0.05, 0) is 30.2 Å². The van der Waals surface area contributed by atoms with Crippen molar-refractivity contribution in [2.75, 3.05) is 5.73 Å². The Kier molecular flexibility index (Phi) is 5.91. The van der Waals surface area contributed by atoms with Crippen LogP contribution in [0.5, 0.6) is 11.5 Å². The minimum absolute atomic E-state index is 0.0798. The van der Waals surface area contributed by atoms with Crippen LogP contribution in [0, 0.1) is 6.92 Å². The number of anilines is 1. The summed E-state index contributed by atoms with van der Waals surface area (Å²) in [4.78, 5) is 7.51. The summed E-state index contributed by atoms with van der Waals surface area (Å²) in [6.45, 7) is 2.25. The molecule has 0 amide bonds. The van der Waals surface area contributed by atoms with Gasteiger partial charge in [-0.1, -0.05) is 60.2 Å². The quantitative estimate of drug-likeness (QED) is 0.389. The third-order valence-corrected chi connectivity index (χ3v) is 5.01. The van der Waals surface area contributed by atoms with Crippen LogP contribution in [0.25, 0.3) is 22.4 Å². The number of aromatic hydroxyl groups is 1. The monoisotopic (exact) mass is 451 g/mol. The van der Waals surface area contributed by atoms with Crippen molar-refractivity contribution in [1.82, 2.24) is 9.97 Å². The van der Waals surface area contributed by atoms with Gasteiger partial charge in [0.1, 0.15) is 18.1 Å². The fourth-order valence-corrected chi connectivity index (χ4v) is 3.41. The van der Waals surface area contributed by atoms with E-state index in [0.29, 0.717) is 5.75 Å². The SMILES string of the molecule is Cc1ccc(COc2ccc(-c3nc(N)nc(C(F)(F)F)c3-c3ccccc3)c(O)c2)cc1. The lowest BCUT2D eigenvalue weighted by Gasteiger charge is -2.17. The zero-order valence-electron chi connectivity index (χ0n) is 17.6. The molecule has 0 unspecified atom stereocenters. The molecule has 0 saturated heterocycles. The Morgan fingerprint density at radius 2 is 1.64 bits per heavy atom. The van der Waals surface area contributed by atoms with Crippen molar-refractivity contribution in [3.05, 3.63) is 89.6 Å². The van der Waals surface area contributed by atoms with E-state index in [9.17, 15) is 18.3 Å². The van der Waals surface area contributed by atoms with Crippen molar-refractivity contribution in [3.63, 3.8) is 0 Å². The molecule has 1 aromatic heterocycles. The number of phenols is 1. The van der Waals surface area contributed by atoms with Crippen LogP contribution < -0.4 is 10.5 Å². The topological polar surface area (TPSA) is 81.3 Å². The summed E-state index contributed by atoms with van der Waals surface area (Å²) >= 11 is 0. The van der Waals surface area contributed by atoms with E-state index in [-0.39, 0.29) is 34.7 Å². The first kappa shape index (κ1) is 22.1. The number of hydrogen-bond acceptors (Lipinski definition) is 5. The van der Waals surface area contributed by atoms with Crippen molar-refractivity contribution in [2.24, 2.45) is 0 Å². The lowest BCUT2D eigenvalue weighted by atomic mass is 9.96. The Hall–Kier alpha value is -4.07. The Bertz CT molecular complexity index is 1270. The second kappa shape index (κ2) is 8.82.